The van der Waals surface area contributed by atoms with Gasteiger partial charge in [-0.1, -0.05) is 27.7 Å². The van der Waals surface area contributed by atoms with Gasteiger partial charge in [0.1, 0.15) is 5.78 Å². The highest BCUT2D eigenvalue weighted by atomic mass is 16.2. The zero-order valence-corrected chi connectivity index (χ0v) is 16.2. The zero-order chi connectivity index (χ0) is 19.1. The quantitative estimate of drug-likeness (QED) is 0.718. The third kappa shape index (κ3) is 4.46. The second kappa shape index (κ2) is 9.34. The Morgan fingerprint density at radius 3 is 2.44 bits per heavy atom. The molecule has 0 saturated carbocycles. The van der Waals surface area contributed by atoms with Crippen LogP contribution >= 0.6 is 0 Å². The maximum atomic E-state index is 12.5. The first-order chi connectivity index (χ1) is 11.9. The fourth-order valence-corrected chi connectivity index (χ4v) is 2.64. The number of rotatable bonds is 7. The Balaban J connectivity index is 0.00000151. The van der Waals surface area contributed by atoms with Crippen LogP contribution in [0, 0.1) is 5.92 Å². The summed E-state index contributed by atoms with van der Waals surface area (Å²) >= 11 is 0. The van der Waals surface area contributed by atoms with Crippen LogP contribution in [0.4, 0.5) is 0 Å². The van der Waals surface area contributed by atoms with Crippen LogP contribution < -0.4 is 11.2 Å². The summed E-state index contributed by atoms with van der Waals surface area (Å²) in [7, 11) is 3.34. The third-order valence-electron chi connectivity index (χ3n) is 4.42. The summed E-state index contributed by atoms with van der Waals surface area (Å²) in [5, 5.41) is 0. The van der Waals surface area contributed by atoms with Gasteiger partial charge in [0.15, 0.2) is 11.2 Å². The predicted octanol–water partition coefficient (Wildman–Crippen LogP) is 2.25. The van der Waals surface area contributed by atoms with Crippen molar-refractivity contribution in [2.24, 2.45) is 20.0 Å². The van der Waals surface area contributed by atoms with E-state index in [-0.39, 0.29) is 23.0 Å². The number of unbranched alkanes of at least 4 members (excludes halogenated alkanes) is 1. The van der Waals surface area contributed by atoms with Gasteiger partial charge in [-0.3, -0.25) is 18.7 Å². The number of imidazole rings is 1. The van der Waals surface area contributed by atoms with E-state index in [2.05, 4.69) is 4.98 Å². The lowest BCUT2D eigenvalue weighted by atomic mass is 9.99. The normalized spacial score (nSPS) is 11.9. The van der Waals surface area contributed by atoms with Crippen molar-refractivity contribution in [3.05, 3.63) is 27.2 Å². The summed E-state index contributed by atoms with van der Waals surface area (Å²) in [6, 6.07) is 0. The van der Waals surface area contributed by atoms with Crippen LogP contribution in [0.2, 0.25) is 0 Å². The molecule has 0 spiro atoms. The van der Waals surface area contributed by atoms with Crippen molar-refractivity contribution in [2.45, 2.75) is 59.9 Å². The Hall–Kier alpha value is -2.18. The van der Waals surface area contributed by atoms with Gasteiger partial charge in [-0.2, -0.15) is 0 Å². The molecule has 0 amide bonds. The number of ketones is 1. The summed E-state index contributed by atoms with van der Waals surface area (Å²) in [6.07, 6.45) is 4.18. The van der Waals surface area contributed by atoms with Gasteiger partial charge in [-0.05, 0) is 19.3 Å². The topological polar surface area (TPSA) is 78.9 Å². The lowest BCUT2D eigenvalue weighted by Crippen LogP contribution is -2.39. The lowest BCUT2D eigenvalue weighted by Gasteiger charge is -2.09. The van der Waals surface area contributed by atoms with Crippen molar-refractivity contribution in [1.82, 2.24) is 18.7 Å². The van der Waals surface area contributed by atoms with Crippen molar-refractivity contribution < 1.29 is 4.79 Å². The SMILES string of the molecule is CC.CCC(C)C(=O)CCCCn1c(=O)c2c(ncn2C)n(C)c1=O. The molecule has 1 atom stereocenters. The first kappa shape index (κ1) is 20.9. The van der Waals surface area contributed by atoms with Crippen LogP contribution in [0.15, 0.2) is 15.9 Å². The van der Waals surface area contributed by atoms with Crippen molar-refractivity contribution in [3.8, 4) is 0 Å². The van der Waals surface area contributed by atoms with E-state index in [4.69, 9.17) is 0 Å². The number of fused-ring (bicyclic) bond motifs is 1. The molecule has 1 unspecified atom stereocenters. The van der Waals surface area contributed by atoms with Gasteiger partial charge < -0.3 is 4.57 Å². The number of aromatic nitrogens is 4. The number of hydrogen-bond acceptors (Lipinski definition) is 4. The fraction of sp³-hybridized carbons (Fsp3) is 0.667. The Morgan fingerprint density at radius 1 is 1.20 bits per heavy atom. The van der Waals surface area contributed by atoms with Crippen LogP contribution in [0.1, 0.15) is 53.4 Å². The van der Waals surface area contributed by atoms with Crippen molar-refractivity contribution in [3.63, 3.8) is 0 Å². The van der Waals surface area contributed by atoms with Crippen LogP contribution in [-0.4, -0.2) is 24.5 Å². The smallest absolute Gasteiger partial charge is 0.328 e. The second-order valence-electron chi connectivity index (χ2n) is 6.06. The molecule has 0 bridgehead atoms. The van der Waals surface area contributed by atoms with Crippen LogP contribution in [0.3, 0.4) is 0 Å². The van der Waals surface area contributed by atoms with Crippen molar-refractivity contribution in [2.75, 3.05) is 0 Å². The molecule has 0 aromatic carbocycles. The first-order valence-corrected chi connectivity index (χ1v) is 9.02. The standard InChI is InChI=1S/C16H24N4O3.C2H6/c1-5-11(2)12(21)8-6-7-9-20-15(22)13-14(17-10-18(13)3)19(4)16(20)23;1-2/h10-11H,5-9H2,1-4H3;1-2H3. The molecule has 0 aliphatic carbocycles. The number of nitrogens with zero attached hydrogens (tertiary/aromatic N) is 4. The molecule has 2 heterocycles. The number of Topliss-reactive ketones (excluding diaryl/α,β-unsaturated/α-hetero) is 1. The van der Waals surface area contributed by atoms with Gasteiger partial charge in [0.2, 0.25) is 0 Å². The summed E-state index contributed by atoms with van der Waals surface area (Å²) in [5.41, 5.74) is 0.124. The number of carbonyl (C=O) groups excluding carboxylic acids is 1. The maximum absolute atomic E-state index is 12.5. The van der Waals surface area contributed by atoms with Gasteiger partial charge in [0.05, 0.1) is 6.33 Å². The minimum Gasteiger partial charge on any atom is -0.328 e. The van der Waals surface area contributed by atoms with E-state index in [0.717, 1.165) is 6.42 Å². The molecule has 2 rings (SSSR count). The van der Waals surface area contributed by atoms with Crippen molar-refractivity contribution in [1.29, 1.82) is 0 Å². The van der Waals surface area contributed by atoms with Crippen LogP contribution in [0.5, 0.6) is 0 Å². The highest BCUT2D eigenvalue weighted by Gasteiger charge is 2.15. The fourth-order valence-electron chi connectivity index (χ4n) is 2.64. The lowest BCUT2D eigenvalue weighted by molar-refractivity contribution is -0.122. The molecular formula is C18H30N4O3. The van der Waals surface area contributed by atoms with Gasteiger partial charge in [0.25, 0.3) is 5.56 Å². The summed E-state index contributed by atoms with van der Waals surface area (Å²) < 4.78 is 4.25. The van der Waals surface area contributed by atoms with Gasteiger partial charge in [0, 0.05) is 33.0 Å². The molecule has 0 saturated heterocycles. The molecule has 0 radical (unpaired) electrons. The Kier molecular flexibility index (Phi) is 7.80. The number of hydrogen-bond donors (Lipinski definition) is 0. The monoisotopic (exact) mass is 350 g/mol. The zero-order valence-electron chi connectivity index (χ0n) is 16.2. The Morgan fingerprint density at radius 2 is 1.84 bits per heavy atom. The van der Waals surface area contributed by atoms with E-state index in [1.807, 2.05) is 27.7 Å². The average molecular weight is 350 g/mol. The van der Waals surface area contributed by atoms with Crippen LogP contribution in [-0.2, 0) is 25.4 Å². The van der Waals surface area contributed by atoms with E-state index in [1.54, 1.807) is 18.7 Å². The number of carbonyl (C=O) groups is 1. The first-order valence-electron chi connectivity index (χ1n) is 9.02. The molecule has 2 aromatic heterocycles. The minimum atomic E-state index is -0.366. The van der Waals surface area contributed by atoms with E-state index in [9.17, 15) is 14.4 Å². The van der Waals surface area contributed by atoms with E-state index in [0.29, 0.717) is 37.0 Å². The predicted molar refractivity (Wildman–Crippen MR) is 99.9 cm³/mol. The molecular weight excluding hydrogens is 320 g/mol. The molecule has 25 heavy (non-hydrogen) atoms. The third-order valence-corrected chi connectivity index (χ3v) is 4.42. The van der Waals surface area contributed by atoms with E-state index < -0.39 is 0 Å². The Bertz CT molecular complexity index is 829. The summed E-state index contributed by atoms with van der Waals surface area (Å²) in [5.74, 6) is 0.325. The molecule has 0 N–H and O–H groups in total. The minimum absolute atomic E-state index is 0.0800. The van der Waals surface area contributed by atoms with Gasteiger partial charge in [-0.25, -0.2) is 9.78 Å². The summed E-state index contributed by atoms with van der Waals surface area (Å²) in [6.45, 7) is 8.24. The van der Waals surface area contributed by atoms with Crippen LogP contribution in [0.25, 0.3) is 11.2 Å². The van der Waals surface area contributed by atoms with Gasteiger partial charge in [-0.15, -0.1) is 0 Å². The molecule has 0 aliphatic heterocycles. The molecule has 7 heteroatoms. The Labute approximate surface area is 148 Å². The highest BCUT2D eigenvalue weighted by molar-refractivity contribution is 5.80. The number of aryl methyl sites for hydroxylation is 2. The molecule has 140 valence electrons. The van der Waals surface area contributed by atoms with Gasteiger partial charge >= 0.3 is 5.69 Å². The second-order valence-corrected chi connectivity index (χ2v) is 6.06. The molecule has 0 fully saturated rings. The van der Waals surface area contributed by atoms with E-state index >= 15 is 0 Å². The summed E-state index contributed by atoms with van der Waals surface area (Å²) in [4.78, 5) is 40.7. The highest BCUT2D eigenvalue weighted by Crippen LogP contribution is 2.09. The molecule has 7 nitrogen and oxygen atoms in total. The maximum Gasteiger partial charge on any atom is 0.332 e. The average Bonchev–Trinajstić information content (AvgIpc) is 3.01. The van der Waals surface area contributed by atoms with Crippen molar-refractivity contribution >= 4 is 16.9 Å². The molecule has 2 aromatic rings. The van der Waals surface area contributed by atoms with E-state index in [1.165, 1.54) is 15.5 Å². The largest absolute Gasteiger partial charge is 0.332 e. The molecule has 0 aliphatic rings.